The van der Waals surface area contributed by atoms with Crippen molar-refractivity contribution in [1.29, 1.82) is 0 Å². The molecule has 0 radical (unpaired) electrons. The van der Waals surface area contributed by atoms with Gasteiger partial charge in [-0.3, -0.25) is 14.9 Å². The van der Waals surface area contributed by atoms with Crippen LogP contribution in [0.4, 0.5) is 10.8 Å². The summed E-state index contributed by atoms with van der Waals surface area (Å²) in [6.45, 7) is 0. The van der Waals surface area contributed by atoms with Crippen molar-refractivity contribution >= 4 is 50.0 Å². The summed E-state index contributed by atoms with van der Waals surface area (Å²) >= 11 is 2.75. The van der Waals surface area contributed by atoms with Crippen LogP contribution in [0.3, 0.4) is 0 Å². The third-order valence-electron chi connectivity index (χ3n) is 3.17. The van der Waals surface area contributed by atoms with Crippen LogP contribution in [0.15, 0.2) is 48.5 Å². The molecule has 24 heavy (non-hydrogen) atoms. The third kappa shape index (κ3) is 4.09. The van der Waals surface area contributed by atoms with Crippen molar-refractivity contribution < 1.29 is 9.72 Å². The highest BCUT2D eigenvalue weighted by molar-refractivity contribution is 7.99. The number of anilines is 1. The molecule has 0 spiro atoms. The molecule has 6 nitrogen and oxygen atoms in total. The maximum absolute atomic E-state index is 12.0. The second-order valence-corrected chi connectivity index (χ2v) is 6.97. The van der Waals surface area contributed by atoms with Gasteiger partial charge in [0.15, 0.2) is 5.13 Å². The average Bonchev–Trinajstić information content (AvgIpc) is 2.96. The molecule has 0 aliphatic heterocycles. The Labute approximate surface area is 146 Å². The summed E-state index contributed by atoms with van der Waals surface area (Å²) in [5.41, 5.74) is 1.82. The lowest BCUT2D eigenvalue weighted by molar-refractivity contribution is -0.384. The molecule has 8 heteroatoms. The zero-order chi connectivity index (χ0) is 16.9. The molecular formula is C16H13N3O3S2. The fourth-order valence-electron chi connectivity index (χ4n) is 2.07. The fraction of sp³-hybridized carbons (Fsp3) is 0.125. The predicted octanol–water partition coefficient (Wildman–Crippen LogP) is 4.08. The third-order valence-corrected chi connectivity index (χ3v) is 5.11. The molecular weight excluding hydrogens is 346 g/mol. The second kappa shape index (κ2) is 7.41. The number of nitro benzene ring substituents is 1. The molecule has 1 amide bonds. The Hall–Kier alpha value is -2.45. The van der Waals surface area contributed by atoms with Crippen molar-refractivity contribution in [3.8, 4) is 0 Å². The molecule has 122 valence electrons. The van der Waals surface area contributed by atoms with Crippen molar-refractivity contribution in [2.24, 2.45) is 0 Å². The molecule has 3 rings (SSSR count). The van der Waals surface area contributed by atoms with Crippen LogP contribution in [0, 0.1) is 10.1 Å². The monoisotopic (exact) mass is 359 g/mol. The van der Waals surface area contributed by atoms with E-state index in [1.807, 2.05) is 30.3 Å². The molecule has 0 saturated heterocycles. The molecule has 1 N–H and O–H groups in total. The quantitative estimate of drug-likeness (QED) is 0.529. The van der Waals surface area contributed by atoms with Crippen molar-refractivity contribution in [1.82, 2.24) is 4.98 Å². The van der Waals surface area contributed by atoms with Gasteiger partial charge >= 0.3 is 0 Å². The summed E-state index contributed by atoms with van der Waals surface area (Å²) < 4.78 is 0.677. The van der Waals surface area contributed by atoms with Gasteiger partial charge in [0.1, 0.15) is 0 Å². The van der Waals surface area contributed by atoms with Crippen LogP contribution in [0.1, 0.15) is 5.56 Å². The van der Waals surface area contributed by atoms with E-state index in [1.54, 1.807) is 6.07 Å². The lowest BCUT2D eigenvalue weighted by Gasteiger charge is -2.02. The molecule has 1 heterocycles. The number of carbonyl (C=O) groups is 1. The number of non-ortho nitro benzene ring substituents is 1. The number of carbonyl (C=O) groups excluding carboxylic acids is 1. The second-order valence-electron chi connectivity index (χ2n) is 4.95. The van der Waals surface area contributed by atoms with E-state index < -0.39 is 4.92 Å². The van der Waals surface area contributed by atoms with Crippen molar-refractivity contribution in [2.45, 2.75) is 5.75 Å². The van der Waals surface area contributed by atoms with Gasteiger partial charge in [-0.1, -0.05) is 41.7 Å². The van der Waals surface area contributed by atoms with Crippen molar-refractivity contribution in [3.05, 3.63) is 64.2 Å². The minimum absolute atomic E-state index is 0.0162. The Morgan fingerprint density at radius 1 is 1.25 bits per heavy atom. The smallest absolute Gasteiger partial charge is 0.270 e. The van der Waals surface area contributed by atoms with E-state index >= 15 is 0 Å². The van der Waals surface area contributed by atoms with Crippen LogP contribution in [0.5, 0.6) is 0 Å². The number of hydrogen-bond donors (Lipinski definition) is 1. The van der Waals surface area contributed by atoms with E-state index in [1.165, 1.54) is 40.8 Å². The highest BCUT2D eigenvalue weighted by Crippen LogP contribution is 2.29. The number of benzene rings is 2. The number of hydrogen-bond acceptors (Lipinski definition) is 6. The normalized spacial score (nSPS) is 10.7. The Morgan fingerprint density at radius 3 is 2.79 bits per heavy atom. The first-order chi connectivity index (χ1) is 11.6. The maximum atomic E-state index is 12.0. The Kier molecular flexibility index (Phi) is 5.07. The minimum atomic E-state index is -0.447. The van der Waals surface area contributed by atoms with Crippen LogP contribution >= 0.6 is 23.1 Å². The van der Waals surface area contributed by atoms with Gasteiger partial charge in [0.25, 0.3) is 5.69 Å². The van der Waals surface area contributed by atoms with E-state index in [2.05, 4.69) is 10.3 Å². The molecule has 0 aliphatic carbocycles. The molecule has 0 bridgehead atoms. The van der Waals surface area contributed by atoms with Gasteiger partial charge in [-0.25, -0.2) is 4.98 Å². The van der Waals surface area contributed by atoms with Crippen LogP contribution < -0.4 is 5.32 Å². The van der Waals surface area contributed by atoms with Gasteiger partial charge in [-0.2, -0.15) is 0 Å². The number of nitrogens with zero attached hydrogens (tertiary/aromatic N) is 2. The number of fused-ring (bicyclic) bond motifs is 1. The number of rotatable bonds is 6. The topological polar surface area (TPSA) is 85.1 Å². The summed E-state index contributed by atoms with van der Waals surface area (Å²) in [6.07, 6.45) is 0. The van der Waals surface area contributed by atoms with Gasteiger partial charge in [-0.05, 0) is 11.6 Å². The van der Waals surface area contributed by atoms with E-state index in [4.69, 9.17) is 0 Å². The van der Waals surface area contributed by atoms with E-state index in [0.29, 0.717) is 21.1 Å². The first-order valence-corrected chi connectivity index (χ1v) is 9.05. The number of thioether (sulfide) groups is 1. The summed E-state index contributed by atoms with van der Waals surface area (Å²) in [4.78, 5) is 26.6. The predicted molar refractivity (Wildman–Crippen MR) is 97.5 cm³/mol. The fourth-order valence-corrected chi connectivity index (χ4v) is 3.77. The molecule has 2 aromatic carbocycles. The minimum Gasteiger partial charge on any atom is -0.301 e. The highest BCUT2D eigenvalue weighted by atomic mass is 32.2. The summed E-state index contributed by atoms with van der Waals surface area (Å²) in [5.74, 6) is 0.954. The van der Waals surface area contributed by atoms with E-state index in [9.17, 15) is 14.9 Å². The maximum Gasteiger partial charge on any atom is 0.270 e. The van der Waals surface area contributed by atoms with Gasteiger partial charge in [0.2, 0.25) is 5.91 Å². The van der Waals surface area contributed by atoms with E-state index in [0.717, 1.165) is 5.75 Å². The Balaban J connectivity index is 1.58. The van der Waals surface area contributed by atoms with Crippen molar-refractivity contribution in [2.75, 3.05) is 11.1 Å². The lowest BCUT2D eigenvalue weighted by atomic mass is 10.2. The van der Waals surface area contributed by atoms with Gasteiger partial charge in [-0.15, -0.1) is 11.8 Å². The molecule has 0 saturated carbocycles. The number of nitrogens with one attached hydrogen (secondary N) is 1. The number of amides is 1. The highest BCUT2D eigenvalue weighted by Gasteiger charge is 2.12. The van der Waals surface area contributed by atoms with Crippen LogP contribution in [-0.2, 0) is 10.5 Å². The summed E-state index contributed by atoms with van der Waals surface area (Å²) in [7, 11) is 0. The zero-order valence-electron chi connectivity index (χ0n) is 12.5. The molecule has 0 fully saturated rings. The van der Waals surface area contributed by atoms with Crippen LogP contribution in [-0.4, -0.2) is 21.6 Å². The molecule has 0 atom stereocenters. The standard InChI is InChI=1S/C16H13N3O3S2/c20-15(10-23-9-11-4-2-1-3-5-11)18-16-17-13-7-6-12(19(21)22)8-14(13)24-16/h1-8H,9-10H2,(H,17,18,20). The summed E-state index contributed by atoms with van der Waals surface area (Å²) in [5, 5.41) is 14.0. The first-order valence-electron chi connectivity index (χ1n) is 7.08. The van der Waals surface area contributed by atoms with Crippen molar-refractivity contribution in [3.63, 3.8) is 0 Å². The largest absolute Gasteiger partial charge is 0.301 e. The molecule has 0 aliphatic rings. The lowest BCUT2D eigenvalue weighted by Crippen LogP contribution is -2.13. The number of thiazole rings is 1. The molecule has 3 aromatic rings. The molecule has 1 aromatic heterocycles. The SMILES string of the molecule is O=C(CSCc1ccccc1)Nc1nc2ccc([N+](=O)[O-])cc2s1. The van der Waals surface area contributed by atoms with Crippen LogP contribution in [0.2, 0.25) is 0 Å². The summed E-state index contributed by atoms with van der Waals surface area (Å²) in [6, 6.07) is 14.4. The van der Waals surface area contributed by atoms with Crippen LogP contribution in [0.25, 0.3) is 10.2 Å². The Morgan fingerprint density at radius 2 is 2.04 bits per heavy atom. The van der Waals surface area contributed by atoms with E-state index in [-0.39, 0.29) is 11.6 Å². The average molecular weight is 359 g/mol. The first kappa shape index (κ1) is 16.4. The number of aromatic nitrogens is 1. The Bertz CT molecular complexity index is 881. The zero-order valence-corrected chi connectivity index (χ0v) is 14.1. The van der Waals surface area contributed by atoms with Gasteiger partial charge in [0.05, 0.1) is 20.9 Å². The number of nitro groups is 1. The van der Waals surface area contributed by atoms with Gasteiger partial charge in [0, 0.05) is 17.9 Å². The van der Waals surface area contributed by atoms with Gasteiger partial charge < -0.3 is 5.32 Å². The molecule has 0 unspecified atom stereocenters.